The first-order valence-corrected chi connectivity index (χ1v) is 7.52. The molecule has 0 unspecified atom stereocenters. The molecule has 0 heterocycles. The highest BCUT2D eigenvalue weighted by atomic mass is 79.9. The van der Waals surface area contributed by atoms with Gasteiger partial charge in [-0.25, -0.2) is 9.79 Å². The van der Waals surface area contributed by atoms with Crippen LogP contribution in [0.4, 0.5) is 10.5 Å². The van der Waals surface area contributed by atoms with Crippen LogP contribution in [0, 0.1) is 6.92 Å². The number of anilines is 1. The van der Waals surface area contributed by atoms with Crippen LogP contribution in [0.2, 0.25) is 0 Å². The van der Waals surface area contributed by atoms with E-state index in [0.29, 0.717) is 0 Å². The van der Waals surface area contributed by atoms with Crippen LogP contribution in [-0.2, 0) is 6.42 Å². The predicted molar refractivity (Wildman–Crippen MR) is 92.3 cm³/mol. The predicted octanol–water partition coefficient (Wildman–Crippen LogP) is 5.22. The molecular formula is C17H17BrN2O. The molecule has 0 bridgehead atoms. The van der Waals surface area contributed by atoms with Gasteiger partial charge in [-0.2, -0.15) is 0 Å². The van der Waals surface area contributed by atoms with Crippen LogP contribution in [-0.4, -0.2) is 12.7 Å². The summed E-state index contributed by atoms with van der Waals surface area (Å²) in [5, 5.41) is 2.74. The van der Waals surface area contributed by atoms with Gasteiger partial charge in [-0.3, -0.25) is 0 Å². The van der Waals surface area contributed by atoms with Crippen molar-refractivity contribution in [1.29, 1.82) is 0 Å². The summed E-state index contributed by atoms with van der Waals surface area (Å²) in [6.45, 7) is 7.32. The fourth-order valence-corrected chi connectivity index (χ4v) is 2.89. The molecule has 108 valence electrons. The number of benzene rings is 2. The Hall–Kier alpha value is -1.94. The third-order valence-corrected chi connectivity index (χ3v) is 4.05. The van der Waals surface area contributed by atoms with Gasteiger partial charge in [0.05, 0.1) is 0 Å². The van der Waals surface area contributed by atoms with E-state index in [1.54, 1.807) is 0 Å². The Morgan fingerprint density at radius 2 is 2.10 bits per heavy atom. The van der Waals surface area contributed by atoms with Crippen molar-refractivity contribution in [2.45, 2.75) is 20.3 Å². The highest BCUT2D eigenvalue weighted by Gasteiger charge is 2.10. The molecule has 0 atom stereocenters. The minimum absolute atomic E-state index is 0.446. The van der Waals surface area contributed by atoms with E-state index in [4.69, 9.17) is 0 Å². The van der Waals surface area contributed by atoms with E-state index >= 15 is 0 Å². The standard InChI is InChI=1S/C17H17BrN2O/c1-4-12-6-5-7-14(18)16(12)13-9-8-11(2)15(10-13)20-17(21)19-3/h5-10H,3-4H2,1-2H3,(H,20,21). The fourth-order valence-electron chi connectivity index (χ4n) is 2.25. The number of halogens is 1. The van der Waals surface area contributed by atoms with E-state index in [1.807, 2.05) is 31.2 Å². The number of nitrogens with one attached hydrogen (secondary N) is 1. The van der Waals surface area contributed by atoms with Gasteiger partial charge in [-0.05, 0) is 54.4 Å². The smallest absolute Gasteiger partial charge is 0.306 e. The third kappa shape index (κ3) is 3.39. The first-order chi connectivity index (χ1) is 10.1. The normalized spacial score (nSPS) is 10.2. The molecule has 2 aromatic carbocycles. The molecular weight excluding hydrogens is 328 g/mol. The van der Waals surface area contributed by atoms with Crippen molar-refractivity contribution < 1.29 is 4.79 Å². The summed E-state index contributed by atoms with van der Waals surface area (Å²) in [6.07, 6.45) is 0.943. The zero-order valence-electron chi connectivity index (χ0n) is 12.1. The van der Waals surface area contributed by atoms with Crippen LogP contribution in [0.25, 0.3) is 11.1 Å². The molecule has 0 fully saturated rings. The van der Waals surface area contributed by atoms with Crippen molar-refractivity contribution in [2.75, 3.05) is 5.32 Å². The maximum absolute atomic E-state index is 11.4. The molecule has 0 aliphatic heterocycles. The molecule has 0 spiro atoms. The molecule has 21 heavy (non-hydrogen) atoms. The van der Waals surface area contributed by atoms with Crippen LogP contribution in [0.15, 0.2) is 45.9 Å². The number of urea groups is 1. The zero-order valence-corrected chi connectivity index (χ0v) is 13.7. The van der Waals surface area contributed by atoms with Crippen LogP contribution < -0.4 is 5.32 Å². The molecule has 4 heteroatoms. The van der Waals surface area contributed by atoms with E-state index in [1.165, 1.54) is 5.56 Å². The van der Waals surface area contributed by atoms with Gasteiger partial charge in [0.15, 0.2) is 0 Å². The number of aryl methyl sites for hydroxylation is 2. The summed E-state index contributed by atoms with van der Waals surface area (Å²) in [7, 11) is 0. The summed E-state index contributed by atoms with van der Waals surface area (Å²) in [5.41, 5.74) is 5.21. The number of hydrogen-bond acceptors (Lipinski definition) is 1. The summed E-state index contributed by atoms with van der Waals surface area (Å²) in [5.74, 6) is 0. The van der Waals surface area contributed by atoms with Crippen molar-refractivity contribution >= 4 is 34.4 Å². The van der Waals surface area contributed by atoms with Gasteiger partial charge in [0, 0.05) is 10.2 Å². The Morgan fingerprint density at radius 3 is 2.76 bits per heavy atom. The lowest BCUT2D eigenvalue weighted by Gasteiger charge is -2.13. The van der Waals surface area contributed by atoms with Gasteiger partial charge in [-0.15, -0.1) is 0 Å². The topological polar surface area (TPSA) is 41.5 Å². The van der Waals surface area contributed by atoms with E-state index in [-0.39, 0.29) is 0 Å². The monoisotopic (exact) mass is 344 g/mol. The van der Waals surface area contributed by atoms with Gasteiger partial charge >= 0.3 is 6.03 Å². The second kappa shape index (κ2) is 6.68. The molecule has 0 saturated carbocycles. The van der Waals surface area contributed by atoms with Gasteiger partial charge < -0.3 is 5.32 Å². The van der Waals surface area contributed by atoms with Crippen LogP contribution >= 0.6 is 15.9 Å². The van der Waals surface area contributed by atoms with Crippen molar-refractivity contribution in [3.63, 3.8) is 0 Å². The molecule has 0 radical (unpaired) electrons. The van der Waals surface area contributed by atoms with Crippen LogP contribution in [0.3, 0.4) is 0 Å². The van der Waals surface area contributed by atoms with Crippen molar-refractivity contribution in [2.24, 2.45) is 4.99 Å². The summed E-state index contributed by atoms with van der Waals surface area (Å²) < 4.78 is 1.05. The molecule has 3 nitrogen and oxygen atoms in total. The maximum atomic E-state index is 11.4. The number of carbonyl (C=O) groups is 1. The average molecular weight is 345 g/mol. The SMILES string of the molecule is C=NC(=O)Nc1cc(-c2c(Br)cccc2CC)ccc1C. The summed E-state index contributed by atoms with van der Waals surface area (Å²) in [6, 6.07) is 11.8. The number of nitrogens with zero attached hydrogens (tertiary/aromatic N) is 1. The van der Waals surface area contributed by atoms with Gasteiger partial charge in [-0.1, -0.05) is 47.1 Å². The Morgan fingerprint density at radius 1 is 1.33 bits per heavy atom. The van der Waals surface area contributed by atoms with Crippen LogP contribution in [0.1, 0.15) is 18.1 Å². The van der Waals surface area contributed by atoms with Crippen LogP contribution in [0.5, 0.6) is 0 Å². The molecule has 2 aromatic rings. The summed E-state index contributed by atoms with van der Waals surface area (Å²) in [4.78, 5) is 14.8. The first kappa shape index (κ1) is 15.4. The van der Waals surface area contributed by atoms with E-state index in [2.05, 4.69) is 52.0 Å². The minimum atomic E-state index is -0.446. The van der Waals surface area contributed by atoms with Crippen molar-refractivity contribution in [3.05, 3.63) is 52.0 Å². The lowest BCUT2D eigenvalue weighted by Crippen LogP contribution is -2.07. The lowest BCUT2D eigenvalue weighted by atomic mass is 9.96. The van der Waals surface area contributed by atoms with E-state index < -0.39 is 6.03 Å². The van der Waals surface area contributed by atoms with E-state index in [9.17, 15) is 4.79 Å². The second-order valence-corrected chi connectivity index (χ2v) is 5.60. The molecule has 0 aromatic heterocycles. The largest absolute Gasteiger partial charge is 0.344 e. The highest BCUT2D eigenvalue weighted by Crippen LogP contribution is 2.34. The number of carbonyl (C=O) groups excluding carboxylic acids is 1. The number of amides is 2. The molecule has 0 aliphatic rings. The van der Waals surface area contributed by atoms with Crippen molar-refractivity contribution in [3.8, 4) is 11.1 Å². The van der Waals surface area contributed by atoms with Crippen molar-refractivity contribution in [1.82, 2.24) is 0 Å². The van der Waals surface area contributed by atoms with Gasteiger partial charge in [0.2, 0.25) is 0 Å². The highest BCUT2D eigenvalue weighted by molar-refractivity contribution is 9.10. The summed E-state index contributed by atoms with van der Waals surface area (Å²) >= 11 is 3.62. The fraction of sp³-hybridized carbons (Fsp3) is 0.176. The van der Waals surface area contributed by atoms with Gasteiger partial charge in [0.1, 0.15) is 0 Å². The Kier molecular flexibility index (Phi) is 4.91. The maximum Gasteiger partial charge on any atom is 0.344 e. The zero-order chi connectivity index (χ0) is 15.4. The number of hydrogen-bond donors (Lipinski definition) is 1. The average Bonchev–Trinajstić information content (AvgIpc) is 2.49. The molecule has 0 saturated heterocycles. The second-order valence-electron chi connectivity index (χ2n) is 4.75. The Balaban J connectivity index is 2.53. The minimum Gasteiger partial charge on any atom is -0.306 e. The first-order valence-electron chi connectivity index (χ1n) is 6.73. The number of aliphatic imine (C=N–C) groups is 1. The quantitative estimate of drug-likeness (QED) is 0.762. The molecule has 1 N–H and O–H groups in total. The Bertz CT molecular complexity index is 695. The van der Waals surface area contributed by atoms with E-state index in [0.717, 1.165) is 33.3 Å². The Labute approximate surface area is 133 Å². The molecule has 2 amide bonds. The molecule has 2 rings (SSSR count). The lowest BCUT2D eigenvalue weighted by molar-refractivity contribution is 0.260. The third-order valence-electron chi connectivity index (χ3n) is 3.39. The molecule has 0 aliphatic carbocycles. The van der Waals surface area contributed by atoms with Gasteiger partial charge in [0.25, 0.3) is 0 Å². The number of rotatable bonds is 3.